The molecule has 1 N–H and O–H groups in total. The van der Waals surface area contributed by atoms with Crippen LogP contribution in [0.5, 0.6) is 11.5 Å². The van der Waals surface area contributed by atoms with Crippen molar-refractivity contribution in [3.63, 3.8) is 0 Å². The Labute approximate surface area is 154 Å². The average molecular weight is 366 g/mol. The van der Waals surface area contributed by atoms with Gasteiger partial charge in [0.05, 0.1) is 23.0 Å². The van der Waals surface area contributed by atoms with E-state index in [0.717, 1.165) is 16.8 Å². The fourth-order valence-electron chi connectivity index (χ4n) is 2.96. The predicted molar refractivity (Wildman–Crippen MR) is 104 cm³/mol. The van der Waals surface area contributed by atoms with Gasteiger partial charge in [0.25, 0.3) is 0 Å². The highest BCUT2D eigenvalue weighted by Crippen LogP contribution is 2.32. The molecule has 26 heavy (non-hydrogen) atoms. The van der Waals surface area contributed by atoms with Gasteiger partial charge in [-0.2, -0.15) is 0 Å². The van der Waals surface area contributed by atoms with E-state index in [1.165, 1.54) is 0 Å². The minimum absolute atomic E-state index is 0.0414. The number of hydrogen-bond donors (Lipinski definition) is 1. The van der Waals surface area contributed by atoms with E-state index in [9.17, 15) is 4.79 Å². The summed E-state index contributed by atoms with van der Waals surface area (Å²) in [5.74, 6) is 1.26. The lowest BCUT2D eigenvalue weighted by molar-refractivity contribution is 0.309. The van der Waals surface area contributed by atoms with Crippen molar-refractivity contribution in [2.45, 2.75) is 6.61 Å². The van der Waals surface area contributed by atoms with Crippen LogP contribution in [0.15, 0.2) is 65.5 Å². The van der Waals surface area contributed by atoms with Crippen LogP contribution in [0, 0.1) is 0 Å². The SMILES string of the molecule is COc1ccc(COc2c(Cl)ccc3c(=O)c4ccccc4[nH]c23)cc1. The number of halogens is 1. The Morgan fingerprint density at radius 2 is 1.73 bits per heavy atom. The first-order chi connectivity index (χ1) is 12.7. The summed E-state index contributed by atoms with van der Waals surface area (Å²) >= 11 is 6.35. The molecule has 4 rings (SSSR count). The lowest BCUT2D eigenvalue weighted by Gasteiger charge is -2.12. The molecule has 0 fully saturated rings. The van der Waals surface area contributed by atoms with Crippen LogP contribution in [0.4, 0.5) is 0 Å². The van der Waals surface area contributed by atoms with E-state index < -0.39 is 0 Å². The van der Waals surface area contributed by atoms with Gasteiger partial charge in [-0.3, -0.25) is 4.79 Å². The van der Waals surface area contributed by atoms with E-state index in [2.05, 4.69) is 4.98 Å². The maximum Gasteiger partial charge on any atom is 0.197 e. The van der Waals surface area contributed by atoms with E-state index in [1.807, 2.05) is 42.5 Å². The van der Waals surface area contributed by atoms with Crippen LogP contribution < -0.4 is 14.9 Å². The highest BCUT2D eigenvalue weighted by atomic mass is 35.5. The predicted octanol–water partition coefficient (Wildman–Crippen LogP) is 4.92. The molecule has 0 bridgehead atoms. The molecule has 4 nitrogen and oxygen atoms in total. The molecule has 0 aliphatic carbocycles. The van der Waals surface area contributed by atoms with E-state index in [0.29, 0.717) is 33.7 Å². The van der Waals surface area contributed by atoms with E-state index in [-0.39, 0.29) is 5.43 Å². The topological polar surface area (TPSA) is 51.3 Å². The van der Waals surface area contributed by atoms with Crippen LogP contribution in [0.25, 0.3) is 21.8 Å². The van der Waals surface area contributed by atoms with Gasteiger partial charge in [-0.1, -0.05) is 35.9 Å². The minimum Gasteiger partial charge on any atom is -0.497 e. The quantitative estimate of drug-likeness (QED) is 0.522. The van der Waals surface area contributed by atoms with Gasteiger partial charge in [-0.05, 0) is 42.0 Å². The van der Waals surface area contributed by atoms with Crippen molar-refractivity contribution in [3.05, 3.63) is 81.5 Å². The third kappa shape index (κ3) is 2.89. The van der Waals surface area contributed by atoms with Gasteiger partial charge in [-0.15, -0.1) is 0 Å². The number of H-pyrrole nitrogens is 1. The number of rotatable bonds is 4. The second kappa shape index (κ2) is 6.73. The Bertz CT molecular complexity index is 1150. The van der Waals surface area contributed by atoms with E-state index in [1.54, 1.807) is 25.3 Å². The third-order valence-corrected chi connectivity index (χ3v) is 4.63. The molecule has 130 valence electrons. The van der Waals surface area contributed by atoms with Gasteiger partial charge in [-0.25, -0.2) is 0 Å². The van der Waals surface area contributed by atoms with Crippen molar-refractivity contribution >= 4 is 33.4 Å². The number of aromatic amines is 1. The lowest BCUT2D eigenvalue weighted by Crippen LogP contribution is -2.06. The number of methoxy groups -OCH3 is 1. The maximum absolute atomic E-state index is 12.8. The lowest BCUT2D eigenvalue weighted by atomic mass is 10.1. The normalized spacial score (nSPS) is 11.0. The summed E-state index contributed by atoms with van der Waals surface area (Å²) < 4.78 is 11.1. The van der Waals surface area contributed by atoms with Crippen LogP contribution in [0.3, 0.4) is 0 Å². The summed E-state index contributed by atoms with van der Waals surface area (Å²) in [5, 5.41) is 1.65. The summed E-state index contributed by atoms with van der Waals surface area (Å²) in [6, 6.07) is 18.4. The molecule has 0 saturated carbocycles. The minimum atomic E-state index is -0.0414. The summed E-state index contributed by atoms with van der Waals surface area (Å²) in [7, 11) is 1.63. The number of benzene rings is 3. The summed E-state index contributed by atoms with van der Waals surface area (Å²) in [5.41, 5.74) is 2.29. The summed E-state index contributed by atoms with van der Waals surface area (Å²) in [6.45, 7) is 0.331. The fourth-order valence-corrected chi connectivity index (χ4v) is 3.17. The van der Waals surface area contributed by atoms with Crippen molar-refractivity contribution in [1.29, 1.82) is 0 Å². The second-order valence-electron chi connectivity index (χ2n) is 5.94. The molecular weight excluding hydrogens is 350 g/mol. The van der Waals surface area contributed by atoms with Crippen molar-refractivity contribution in [2.75, 3.05) is 7.11 Å². The molecule has 0 spiro atoms. The van der Waals surface area contributed by atoms with Crippen LogP contribution >= 0.6 is 11.6 Å². The van der Waals surface area contributed by atoms with Crippen molar-refractivity contribution in [1.82, 2.24) is 4.98 Å². The van der Waals surface area contributed by atoms with Crippen molar-refractivity contribution in [2.24, 2.45) is 0 Å². The van der Waals surface area contributed by atoms with Crippen LogP contribution in [0.2, 0.25) is 5.02 Å². The monoisotopic (exact) mass is 365 g/mol. The van der Waals surface area contributed by atoms with Crippen molar-refractivity contribution < 1.29 is 9.47 Å². The molecule has 1 aromatic heterocycles. The smallest absolute Gasteiger partial charge is 0.197 e. The molecule has 0 aliphatic rings. The summed E-state index contributed by atoms with van der Waals surface area (Å²) in [4.78, 5) is 16.0. The number of aromatic nitrogens is 1. The van der Waals surface area contributed by atoms with Crippen LogP contribution in [0.1, 0.15) is 5.56 Å². The van der Waals surface area contributed by atoms with Gasteiger partial charge in [0.1, 0.15) is 12.4 Å². The molecule has 0 atom stereocenters. The molecule has 0 unspecified atom stereocenters. The third-order valence-electron chi connectivity index (χ3n) is 4.33. The Hall–Kier alpha value is -2.98. The molecule has 5 heteroatoms. The zero-order valence-electron chi connectivity index (χ0n) is 14.1. The van der Waals surface area contributed by atoms with Crippen molar-refractivity contribution in [3.8, 4) is 11.5 Å². The Morgan fingerprint density at radius 1 is 0.962 bits per heavy atom. The Kier molecular flexibility index (Phi) is 4.27. The fraction of sp³-hybridized carbons (Fsp3) is 0.0952. The van der Waals surface area contributed by atoms with Gasteiger partial charge < -0.3 is 14.5 Å². The highest BCUT2D eigenvalue weighted by molar-refractivity contribution is 6.33. The highest BCUT2D eigenvalue weighted by Gasteiger charge is 2.13. The number of hydrogen-bond acceptors (Lipinski definition) is 3. The number of para-hydroxylation sites is 1. The van der Waals surface area contributed by atoms with E-state index in [4.69, 9.17) is 21.1 Å². The molecule has 0 radical (unpaired) electrons. The first-order valence-corrected chi connectivity index (χ1v) is 8.54. The van der Waals surface area contributed by atoms with Gasteiger partial charge in [0.15, 0.2) is 11.2 Å². The Balaban J connectivity index is 1.78. The zero-order chi connectivity index (χ0) is 18.1. The molecule has 0 saturated heterocycles. The largest absolute Gasteiger partial charge is 0.497 e. The second-order valence-corrected chi connectivity index (χ2v) is 6.34. The molecule has 0 amide bonds. The molecule has 3 aromatic carbocycles. The number of fused-ring (bicyclic) bond motifs is 2. The molecule has 1 heterocycles. The summed E-state index contributed by atoms with van der Waals surface area (Å²) in [6.07, 6.45) is 0. The van der Waals surface area contributed by atoms with E-state index >= 15 is 0 Å². The first kappa shape index (κ1) is 16.5. The standard InChI is InChI=1S/C21H16ClNO3/c1-25-14-8-6-13(7-9-14)12-26-21-17(22)11-10-16-19(21)23-18-5-3-2-4-15(18)20(16)24/h2-11H,12H2,1H3,(H,23,24). The molecular formula is C21H16ClNO3. The Morgan fingerprint density at radius 3 is 2.50 bits per heavy atom. The van der Waals surface area contributed by atoms with Gasteiger partial charge in [0, 0.05) is 10.9 Å². The van der Waals surface area contributed by atoms with Gasteiger partial charge in [0.2, 0.25) is 0 Å². The number of pyridine rings is 1. The maximum atomic E-state index is 12.8. The first-order valence-electron chi connectivity index (χ1n) is 8.16. The number of nitrogens with one attached hydrogen (secondary N) is 1. The molecule has 4 aromatic rings. The van der Waals surface area contributed by atoms with Crippen LogP contribution in [-0.2, 0) is 6.61 Å². The zero-order valence-corrected chi connectivity index (χ0v) is 14.8. The van der Waals surface area contributed by atoms with Gasteiger partial charge >= 0.3 is 0 Å². The number of ether oxygens (including phenoxy) is 2. The van der Waals surface area contributed by atoms with Crippen LogP contribution in [-0.4, -0.2) is 12.1 Å². The molecule has 0 aliphatic heterocycles. The average Bonchev–Trinajstić information content (AvgIpc) is 2.68.